The fraction of sp³-hybridized carbons (Fsp3) is 0.0690. The number of hydrogen-bond donors (Lipinski definition) is 2. The van der Waals surface area contributed by atoms with Crippen molar-refractivity contribution in [2.45, 2.75) is 13.0 Å². The first-order valence-corrected chi connectivity index (χ1v) is 12.9. The maximum absolute atomic E-state index is 14.1. The van der Waals surface area contributed by atoms with Crippen molar-refractivity contribution in [1.82, 2.24) is 29.5 Å². The van der Waals surface area contributed by atoms with Crippen molar-refractivity contribution < 1.29 is 4.79 Å². The number of carbonyl (C=O) groups is 1. The van der Waals surface area contributed by atoms with Crippen LogP contribution in [-0.4, -0.2) is 30.1 Å². The Hall–Kier alpha value is -5.27. The van der Waals surface area contributed by atoms with Crippen molar-refractivity contribution in [1.29, 1.82) is 0 Å². The van der Waals surface area contributed by atoms with Crippen molar-refractivity contribution in [2.24, 2.45) is 0 Å². The Labute approximate surface area is 226 Å². The Morgan fingerprint density at radius 3 is 2.72 bits per heavy atom. The number of thiazole rings is 1. The van der Waals surface area contributed by atoms with Crippen LogP contribution in [0.5, 0.6) is 0 Å². The molecule has 0 aliphatic heterocycles. The van der Waals surface area contributed by atoms with Gasteiger partial charge in [-0.25, -0.2) is 9.50 Å². The topological polar surface area (TPSA) is 120 Å². The van der Waals surface area contributed by atoms with Gasteiger partial charge >= 0.3 is 0 Å². The molecule has 39 heavy (non-hydrogen) atoms. The van der Waals surface area contributed by atoms with E-state index in [0.717, 1.165) is 10.3 Å². The second-order valence-corrected chi connectivity index (χ2v) is 9.65. The summed E-state index contributed by atoms with van der Waals surface area (Å²) < 4.78 is 3.01. The molecule has 0 fully saturated rings. The van der Waals surface area contributed by atoms with E-state index in [1.807, 2.05) is 61.5 Å². The van der Waals surface area contributed by atoms with Crippen LogP contribution in [0.25, 0.3) is 22.1 Å². The molecule has 0 bridgehead atoms. The average molecular weight is 532 g/mol. The first kappa shape index (κ1) is 24.1. The van der Waals surface area contributed by atoms with Crippen LogP contribution in [0.2, 0.25) is 0 Å². The summed E-state index contributed by atoms with van der Waals surface area (Å²) >= 11 is 1.44. The van der Waals surface area contributed by atoms with E-state index in [0.29, 0.717) is 28.0 Å². The molecule has 4 aromatic heterocycles. The predicted octanol–water partition coefficient (Wildman–Crippen LogP) is 3.96. The van der Waals surface area contributed by atoms with E-state index < -0.39 is 11.9 Å². The predicted molar refractivity (Wildman–Crippen MR) is 151 cm³/mol. The highest BCUT2D eigenvalue weighted by Crippen LogP contribution is 2.24. The standard InChI is InChI=1S/C29H21N7O2S/c1-18(33-28(37)26-27(30)34-24-11-6-14-32-36(24)26)23-15-20-8-5-7-19(12-13-22-16-31-17-39-22)25(20)29(38)35(23)21-9-3-2-4-10-21/h2-11,14-18H,30H2,1H3,(H,33,37)/t18-/m1/s1. The summed E-state index contributed by atoms with van der Waals surface area (Å²) in [5.41, 5.74) is 10.0. The fourth-order valence-corrected chi connectivity index (χ4v) is 4.98. The van der Waals surface area contributed by atoms with Gasteiger partial charge in [-0.05, 0) is 54.6 Å². The lowest BCUT2D eigenvalue weighted by molar-refractivity contribution is 0.0932. The summed E-state index contributed by atoms with van der Waals surface area (Å²) in [5, 5.41) is 8.40. The van der Waals surface area contributed by atoms with Gasteiger partial charge in [0.25, 0.3) is 11.5 Å². The number of rotatable bonds is 4. The molecule has 0 spiro atoms. The number of hydrogen-bond acceptors (Lipinski definition) is 7. The number of fused-ring (bicyclic) bond motifs is 2. The summed E-state index contributed by atoms with van der Waals surface area (Å²) in [5.74, 6) is 5.85. The zero-order valence-corrected chi connectivity index (χ0v) is 21.5. The molecule has 0 radical (unpaired) electrons. The van der Waals surface area contributed by atoms with Crippen molar-refractivity contribution in [3.63, 3.8) is 0 Å². The van der Waals surface area contributed by atoms with Crippen molar-refractivity contribution in [2.75, 3.05) is 5.73 Å². The first-order chi connectivity index (χ1) is 19.0. The molecule has 0 aliphatic carbocycles. The smallest absolute Gasteiger partial charge is 0.274 e. The highest BCUT2D eigenvalue weighted by Gasteiger charge is 2.23. The van der Waals surface area contributed by atoms with Crippen LogP contribution in [0.3, 0.4) is 0 Å². The molecule has 6 aromatic rings. The van der Waals surface area contributed by atoms with Crippen LogP contribution in [0, 0.1) is 11.8 Å². The summed E-state index contributed by atoms with van der Waals surface area (Å²) in [7, 11) is 0. The molecule has 6 rings (SSSR count). The van der Waals surface area contributed by atoms with Gasteiger partial charge < -0.3 is 11.1 Å². The largest absolute Gasteiger partial charge is 0.382 e. The molecule has 0 unspecified atom stereocenters. The quantitative estimate of drug-likeness (QED) is 0.332. The highest BCUT2D eigenvalue weighted by molar-refractivity contribution is 7.10. The Balaban J connectivity index is 1.48. The number of nitrogens with zero attached hydrogens (tertiary/aromatic N) is 5. The van der Waals surface area contributed by atoms with E-state index in [4.69, 9.17) is 5.73 Å². The van der Waals surface area contributed by atoms with Crippen molar-refractivity contribution >= 4 is 39.5 Å². The Bertz CT molecular complexity index is 1970. The summed E-state index contributed by atoms with van der Waals surface area (Å²) in [4.78, 5) is 36.6. The summed E-state index contributed by atoms with van der Waals surface area (Å²) in [6, 6.07) is 19.6. The Kier molecular flexibility index (Phi) is 6.11. The summed E-state index contributed by atoms with van der Waals surface area (Å²) in [6.07, 6.45) is 3.25. The van der Waals surface area contributed by atoms with Gasteiger partial charge in [0.05, 0.1) is 28.0 Å². The monoisotopic (exact) mass is 531 g/mol. The highest BCUT2D eigenvalue weighted by atomic mass is 32.1. The minimum atomic E-state index is -0.574. The van der Waals surface area contributed by atoms with Gasteiger partial charge in [-0.1, -0.05) is 36.3 Å². The molecule has 2 aromatic carbocycles. The fourth-order valence-electron chi connectivity index (χ4n) is 4.51. The molecular weight excluding hydrogens is 510 g/mol. The normalized spacial score (nSPS) is 11.7. The van der Waals surface area contributed by atoms with E-state index in [2.05, 4.69) is 32.2 Å². The second kappa shape index (κ2) is 9.89. The number of para-hydroxylation sites is 1. The number of aromatic nitrogens is 5. The zero-order valence-electron chi connectivity index (χ0n) is 20.7. The molecule has 10 heteroatoms. The van der Waals surface area contributed by atoms with E-state index in [9.17, 15) is 9.59 Å². The third-order valence-electron chi connectivity index (χ3n) is 6.27. The molecule has 0 saturated heterocycles. The molecule has 1 atom stereocenters. The van der Waals surface area contributed by atoms with E-state index in [-0.39, 0.29) is 17.1 Å². The van der Waals surface area contributed by atoms with Crippen LogP contribution < -0.4 is 16.6 Å². The van der Waals surface area contributed by atoms with Crippen LogP contribution in [0.1, 0.15) is 39.6 Å². The van der Waals surface area contributed by atoms with Crippen LogP contribution in [0.15, 0.2) is 89.4 Å². The molecule has 0 aliphatic rings. The minimum absolute atomic E-state index is 0.0709. The van der Waals surface area contributed by atoms with Crippen LogP contribution >= 0.6 is 11.3 Å². The van der Waals surface area contributed by atoms with Crippen LogP contribution in [0.4, 0.5) is 5.82 Å². The number of imidazole rings is 1. The number of nitrogen functional groups attached to an aromatic ring is 1. The van der Waals surface area contributed by atoms with Gasteiger partial charge in [-0.3, -0.25) is 19.1 Å². The molecular formula is C29H21N7O2S. The van der Waals surface area contributed by atoms with Gasteiger partial charge in [0, 0.05) is 23.1 Å². The van der Waals surface area contributed by atoms with E-state index in [1.165, 1.54) is 15.9 Å². The number of benzene rings is 2. The number of nitrogens with one attached hydrogen (secondary N) is 1. The maximum atomic E-state index is 14.1. The average Bonchev–Trinajstić information content (AvgIpc) is 3.59. The van der Waals surface area contributed by atoms with Crippen molar-refractivity contribution in [3.05, 3.63) is 117 Å². The lowest BCUT2D eigenvalue weighted by atomic mass is 10.0. The maximum Gasteiger partial charge on any atom is 0.274 e. The van der Waals surface area contributed by atoms with Crippen LogP contribution in [-0.2, 0) is 0 Å². The van der Waals surface area contributed by atoms with E-state index >= 15 is 0 Å². The third-order valence-corrected chi connectivity index (χ3v) is 6.96. The zero-order chi connectivity index (χ0) is 26.9. The second-order valence-electron chi connectivity index (χ2n) is 8.77. The van der Waals surface area contributed by atoms with Crippen molar-refractivity contribution in [3.8, 4) is 17.5 Å². The SMILES string of the molecule is C[C@@H](NC(=O)c1c(N)nc2cccnn12)c1cc2cccc(C#Cc3cncs3)c2c(=O)n1-c1ccccc1. The first-order valence-electron chi connectivity index (χ1n) is 12.1. The Morgan fingerprint density at radius 1 is 1.08 bits per heavy atom. The molecule has 190 valence electrons. The molecule has 4 heterocycles. The number of amides is 1. The number of anilines is 1. The van der Waals surface area contributed by atoms with Gasteiger partial charge in [0.15, 0.2) is 17.2 Å². The third kappa shape index (κ3) is 4.41. The number of nitrogens with two attached hydrogens (primary N) is 1. The van der Waals surface area contributed by atoms with Gasteiger partial charge in [-0.15, -0.1) is 11.3 Å². The lowest BCUT2D eigenvalue weighted by Gasteiger charge is -2.21. The Morgan fingerprint density at radius 2 is 1.92 bits per heavy atom. The lowest BCUT2D eigenvalue weighted by Crippen LogP contribution is -2.33. The summed E-state index contributed by atoms with van der Waals surface area (Å²) in [6.45, 7) is 1.82. The number of carbonyl (C=O) groups excluding carboxylic acids is 1. The van der Waals surface area contributed by atoms with Gasteiger partial charge in [-0.2, -0.15) is 5.10 Å². The molecule has 9 nitrogen and oxygen atoms in total. The van der Waals surface area contributed by atoms with Gasteiger partial charge in [0.2, 0.25) is 0 Å². The molecule has 0 saturated carbocycles. The van der Waals surface area contributed by atoms with E-state index in [1.54, 1.807) is 34.6 Å². The molecule has 1 amide bonds. The minimum Gasteiger partial charge on any atom is -0.382 e. The molecule has 3 N–H and O–H groups in total. The van der Waals surface area contributed by atoms with Gasteiger partial charge in [0.1, 0.15) is 0 Å². The number of pyridine rings is 1.